The zero-order chi connectivity index (χ0) is 15.7. The average Bonchev–Trinajstić information content (AvgIpc) is 2.92. The lowest BCUT2D eigenvalue weighted by molar-refractivity contribution is 0.624. The van der Waals surface area contributed by atoms with E-state index in [-0.39, 0.29) is 11.9 Å². The molecule has 0 aromatic heterocycles. The molecule has 22 heavy (non-hydrogen) atoms. The highest BCUT2D eigenvalue weighted by Crippen LogP contribution is 2.36. The van der Waals surface area contributed by atoms with Crippen LogP contribution in [0.3, 0.4) is 0 Å². The van der Waals surface area contributed by atoms with Gasteiger partial charge in [0, 0.05) is 13.0 Å². The Bertz CT molecular complexity index is 707. The van der Waals surface area contributed by atoms with Gasteiger partial charge in [0.15, 0.2) is 0 Å². The first kappa shape index (κ1) is 14.7. The molecule has 0 saturated heterocycles. The Morgan fingerprint density at radius 1 is 1.18 bits per heavy atom. The zero-order valence-corrected chi connectivity index (χ0v) is 12.9. The van der Waals surface area contributed by atoms with Gasteiger partial charge in [0.2, 0.25) is 0 Å². The highest BCUT2D eigenvalue weighted by molar-refractivity contribution is 5.90. The van der Waals surface area contributed by atoms with E-state index in [0.717, 1.165) is 23.4 Å². The molecule has 114 valence electrons. The lowest BCUT2D eigenvalue weighted by Gasteiger charge is -2.25. The molecular formula is C18H20FN3. The van der Waals surface area contributed by atoms with Gasteiger partial charge in [0.25, 0.3) is 0 Å². The number of aryl methyl sites for hydroxylation is 2. The van der Waals surface area contributed by atoms with E-state index in [9.17, 15) is 4.39 Å². The van der Waals surface area contributed by atoms with Gasteiger partial charge >= 0.3 is 0 Å². The van der Waals surface area contributed by atoms with Crippen LogP contribution in [0, 0.1) is 19.7 Å². The Hall–Kier alpha value is -2.20. The molecule has 1 unspecified atom stereocenters. The van der Waals surface area contributed by atoms with E-state index in [1.165, 1.54) is 23.3 Å². The second kappa shape index (κ2) is 5.89. The first-order chi connectivity index (χ1) is 10.6. The van der Waals surface area contributed by atoms with Crippen molar-refractivity contribution in [1.29, 1.82) is 0 Å². The molecule has 3 rings (SSSR count). The molecule has 0 bridgehead atoms. The van der Waals surface area contributed by atoms with E-state index < -0.39 is 0 Å². The summed E-state index contributed by atoms with van der Waals surface area (Å²) in [6.45, 7) is 4.60. The number of nitrogens with zero attached hydrogens (tertiary/aromatic N) is 2. The van der Waals surface area contributed by atoms with Gasteiger partial charge in [-0.25, -0.2) is 4.39 Å². The van der Waals surface area contributed by atoms with Gasteiger partial charge in [-0.15, -0.1) is 0 Å². The fourth-order valence-electron chi connectivity index (χ4n) is 2.92. The van der Waals surface area contributed by atoms with Crippen LogP contribution in [0.25, 0.3) is 0 Å². The van der Waals surface area contributed by atoms with Crippen LogP contribution in [0.5, 0.6) is 0 Å². The van der Waals surface area contributed by atoms with Gasteiger partial charge in [-0.3, -0.25) is 5.01 Å². The standard InChI is InChI=1S/C18H20FN3/c1-12-3-8-17(13(2)9-12)22-18(10-16(11-20)21-22)14-4-6-15(19)7-5-14/h3-9,18H,10-11,20H2,1-2H3. The van der Waals surface area contributed by atoms with Crippen LogP contribution < -0.4 is 10.7 Å². The van der Waals surface area contributed by atoms with Crippen molar-refractivity contribution in [2.45, 2.75) is 26.3 Å². The topological polar surface area (TPSA) is 41.6 Å². The minimum atomic E-state index is -0.222. The molecule has 1 atom stereocenters. The van der Waals surface area contributed by atoms with Crippen molar-refractivity contribution in [3.05, 3.63) is 65.0 Å². The third kappa shape index (κ3) is 2.74. The largest absolute Gasteiger partial charge is 0.325 e. The lowest BCUT2D eigenvalue weighted by atomic mass is 10.0. The van der Waals surface area contributed by atoms with Crippen molar-refractivity contribution in [2.24, 2.45) is 10.8 Å². The van der Waals surface area contributed by atoms with Gasteiger partial charge in [-0.1, -0.05) is 29.8 Å². The summed E-state index contributed by atoms with van der Waals surface area (Å²) in [7, 11) is 0. The van der Waals surface area contributed by atoms with Gasteiger partial charge in [-0.05, 0) is 43.2 Å². The van der Waals surface area contributed by atoms with E-state index in [0.29, 0.717) is 6.54 Å². The van der Waals surface area contributed by atoms with E-state index >= 15 is 0 Å². The fourth-order valence-corrected chi connectivity index (χ4v) is 2.92. The predicted molar refractivity (Wildman–Crippen MR) is 88.6 cm³/mol. The average molecular weight is 297 g/mol. The quantitative estimate of drug-likeness (QED) is 0.938. The summed E-state index contributed by atoms with van der Waals surface area (Å²) >= 11 is 0. The summed E-state index contributed by atoms with van der Waals surface area (Å²) in [6, 6.07) is 13.0. The molecule has 1 heterocycles. The van der Waals surface area contributed by atoms with Gasteiger partial charge in [0.1, 0.15) is 5.82 Å². The SMILES string of the molecule is Cc1ccc(N2N=C(CN)CC2c2ccc(F)cc2)c(C)c1. The number of hydrogen-bond donors (Lipinski definition) is 1. The number of anilines is 1. The van der Waals surface area contributed by atoms with Crippen molar-refractivity contribution in [2.75, 3.05) is 11.6 Å². The Labute approximate surface area is 130 Å². The molecule has 0 amide bonds. The maximum atomic E-state index is 13.2. The first-order valence-electron chi connectivity index (χ1n) is 7.47. The first-order valence-corrected chi connectivity index (χ1v) is 7.47. The summed E-state index contributed by atoms with van der Waals surface area (Å²) in [5.41, 5.74) is 11.3. The molecule has 0 saturated carbocycles. The molecule has 2 aromatic rings. The highest BCUT2D eigenvalue weighted by Gasteiger charge is 2.29. The van der Waals surface area contributed by atoms with Crippen molar-refractivity contribution in [3.63, 3.8) is 0 Å². The number of rotatable bonds is 3. The Kier molecular flexibility index (Phi) is 3.94. The Morgan fingerprint density at radius 3 is 2.55 bits per heavy atom. The van der Waals surface area contributed by atoms with E-state index in [4.69, 9.17) is 5.73 Å². The van der Waals surface area contributed by atoms with Crippen molar-refractivity contribution in [3.8, 4) is 0 Å². The fraction of sp³-hybridized carbons (Fsp3) is 0.278. The number of hydrazone groups is 1. The lowest BCUT2D eigenvalue weighted by Crippen LogP contribution is -2.19. The van der Waals surface area contributed by atoms with Crippen molar-refractivity contribution >= 4 is 11.4 Å². The summed E-state index contributed by atoms with van der Waals surface area (Å²) < 4.78 is 13.2. The van der Waals surface area contributed by atoms with Crippen LogP contribution in [0.15, 0.2) is 47.6 Å². The summed E-state index contributed by atoms with van der Waals surface area (Å²) in [5.74, 6) is -0.222. The molecule has 0 aliphatic carbocycles. The number of hydrogen-bond acceptors (Lipinski definition) is 3. The maximum absolute atomic E-state index is 13.2. The van der Waals surface area contributed by atoms with Crippen LogP contribution in [0.4, 0.5) is 10.1 Å². The summed E-state index contributed by atoms with van der Waals surface area (Å²) in [5, 5.41) is 6.70. The van der Waals surface area contributed by atoms with E-state index in [2.05, 4.69) is 37.1 Å². The molecule has 0 fully saturated rings. The van der Waals surface area contributed by atoms with Crippen LogP contribution in [-0.4, -0.2) is 12.3 Å². The molecule has 2 N–H and O–H groups in total. The molecule has 2 aromatic carbocycles. The summed E-state index contributed by atoms with van der Waals surface area (Å²) in [4.78, 5) is 0. The Morgan fingerprint density at radius 2 is 1.91 bits per heavy atom. The Balaban J connectivity index is 2.01. The maximum Gasteiger partial charge on any atom is 0.123 e. The minimum Gasteiger partial charge on any atom is -0.325 e. The number of halogens is 1. The van der Waals surface area contributed by atoms with Crippen LogP contribution in [0.1, 0.15) is 29.2 Å². The molecule has 1 aliphatic rings. The zero-order valence-electron chi connectivity index (χ0n) is 12.9. The highest BCUT2D eigenvalue weighted by atomic mass is 19.1. The normalized spacial score (nSPS) is 17.7. The second-order valence-electron chi connectivity index (χ2n) is 5.78. The molecule has 0 spiro atoms. The third-order valence-electron chi connectivity index (χ3n) is 4.06. The van der Waals surface area contributed by atoms with Gasteiger partial charge in [-0.2, -0.15) is 5.10 Å². The molecule has 3 nitrogen and oxygen atoms in total. The predicted octanol–water partition coefficient (Wildman–Crippen LogP) is 3.71. The van der Waals surface area contributed by atoms with E-state index in [1.54, 1.807) is 0 Å². The number of benzene rings is 2. The van der Waals surface area contributed by atoms with Crippen LogP contribution in [-0.2, 0) is 0 Å². The molecule has 4 heteroatoms. The van der Waals surface area contributed by atoms with Gasteiger partial charge in [0.05, 0.1) is 17.4 Å². The minimum absolute atomic E-state index is 0.0700. The monoisotopic (exact) mass is 297 g/mol. The van der Waals surface area contributed by atoms with Crippen LogP contribution in [0.2, 0.25) is 0 Å². The smallest absolute Gasteiger partial charge is 0.123 e. The van der Waals surface area contributed by atoms with Gasteiger partial charge < -0.3 is 5.73 Å². The molecule has 0 radical (unpaired) electrons. The second-order valence-corrected chi connectivity index (χ2v) is 5.78. The molecule has 1 aliphatic heterocycles. The number of nitrogens with two attached hydrogens (primary N) is 1. The van der Waals surface area contributed by atoms with Crippen molar-refractivity contribution in [1.82, 2.24) is 0 Å². The molecular weight excluding hydrogens is 277 g/mol. The van der Waals surface area contributed by atoms with E-state index in [1.807, 2.05) is 17.1 Å². The van der Waals surface area contributed by atoms with Crippen molar-refractivity contribution < 1.29 is 4.39 Å². The third-order valence-corrected chi connectivity index (χ3v) is 4.06. The van der Waals surface area contributed by atoms with Crippen LogP contribution >= 0.6 is 0 Å². The summed E-state index contributed by atoms with van der Waals surface area (Å²) in [6.07, 6.45) is 0.773.